The van der Waals surface area contributed by atoms with E-state index in [1.54, 1.807) is 14.2 Å². The van der Waals surface area contributed by atoms with E-state index >= 15 is 0 Å². The van der Waals surface area contributed by atoms with Crippen molar-refractivity contribution in [3.63, 3.8) is 0 Å². The fraction of sp³-hybridized carbons (Fsp3) is 0.917. The Balaban J connectivity index is 2.30. The number of likely N-dealkylation sites (tertiary alicyclic amines) is 1. The largest absolute Gasteiger partial charge is 0.376 e. The number of likely N-dealkylation sites (N-methyl/N-ethyl adjacent to an activating group) is 1. The van der Waals surface area contributed by atoms with E-state index in [-0.39, 0.29) is 30.8 Å². The maximum atomic E-state index is 12.3. The molecule has 0 aliphatic carbocycles. The molecule has 2 saturated heterocycles. The number of hydrogen-bond donors (Lipinski definition) is 1. The van der Waals surface area contributed by atoms with E-state index in [2.05, 4.69) is 4.90 Å². The highest BCUT2D eigenvalue weighted by Gasteiger charge is 2.50. The summed E-state index contributed by atoms with van der Waals surface area (Å²) in [5.74, 6) is -0.0277. The van der Waals surface area contributed by atoms with Crippen molar-refractivity contribution in [3.05, 3.63) is 0 Å². The number of rotatable bonds is 4. The first-order chi connectivity index (χ1) is 8.65. The van der Waals surface area contributed by atoms with Crippen LogP contribution < -0.4 is 0 Å². The molecule has 3 atom stereocenters. The molecule has 0 spiro atoms. The molecule has 6 nitrogen and oxygen atoms in total. The average molecular weight is 258 g/mol. The zero-order valence-electron chi connectivity index (χ0n) is 11.2. The number of ether oxygens (including phenoxy) is 2. The van der Waals surface area contributed by atoms with E-state index < -0.39 is 6.29 Å². The van der Waals surface area contributed by atoms with Crippen LogP contribution >= 0.6 is 0 Å². The van der Waals surface area contributed by atoms with Gasteiger partial charge in [-0.25, -0.2) is 0 Å². The molecule has 0 saturated carbocycles. The van der Waals surface area contributed by atoms with Gasteiger partial charge in [-0.3, -0.25) is 9.69 Å². The minimum atomic E-state index is -0.507. The minimum Gasteiger partial charge on any atom is -0.376 e. The first-order valence-corrected chi connectivity index (χ1v) is 6.34. The second-order valence-electron chi connectivity index (χ2n) is 4.96. The van der Waals surface area contributed by atoms with Crippen LogP contribution in [0.2, 0.25) is 0 Å². The lowest BCUT2D eigenvalue weighted by Gasteiger charge is -2.53. The Kier molecular flexibility index (Phi) is 4.21. The summed E-state index contributed by atoms with van der Waals surface area (Å²) in [5.41, 5.74) is 0. The summed E-state index contributed by atoms with van der Waals surface area (Å²) in [5, 5.41) is 9.49. The van der Waals surface area contributed by atoms with Gasteiger partial charge in [-0.15, -0.1) is 0 Å². The van der Waals surface area contributed by atoms with Gasteiger partial charge in [0.25, 0.3) is 0 Å². The molecule has 1 N–H and O–H groups in total. The fourth-order valence-corrected chi connectivity index (χ4v) is 3.28. The highest BCUT2D eigenvalue weighted by molar-refractivity contribution is 5.83. The summed E-state index contributed by atoms with van der Waals surface area (Å²) in [6.45, 7) is -0.284. The second-order valence-corrected chi connectivity index (χ2v) is 4.96. The van der Waals surface area contributed by atoms with Crippen LogP contribution in [0.3, 0.4) is 0 Å². The first-order valence-electron chi connectivity index (χ1n) is 6.34. The van der Waals surface area contributed by atoms with Crippen molar-refractivity contribution in [1.82, 2.24) is 9.80 Å². The van der Waals surface area contributed by atoms with Gasteiger partial charge in [0.1, 0.15) is 12.8 Å². The maximum absolute atomic E-state index is 12.3. The Hall–Kier alpha value is -0.690. The number of fused-ring (bicyclic) bond motifs is 2. The molecular formula is C12H22N2O4. The molecule has 2 rings (SSSR count). The van der Waals surface area contributed by atoms with Gasteiger partial charge in [0.05, 0.1) is 6.04 Å². The van der Waals surface area contributed by atoms with Crippen molar-refractivity contribution >= 4 is 5.91 Å². The molecule has 0 radical (unpaired) electrons. The Morgan fingerprint density at radius 1 is 1.39 bits per heavy atom. The molecule has 1 amide bonds. The van der Waals surface area contributed by atoms with Gasteiger partial charge < -0.3 is 19.5 Å². The van der Waals surface area contributed by atoms with E-state index in [9.17, 15) is 9.90 Å². The van der Waals surface area contributed by atoms with Crippen LogP contribution in [0, 0.1) is 0 Å². The summed E-state index contributed by atoms with van der Waals surface area (Å²) < 4.78 is 10.6. The van der Waals surface area contributed by atoms with E-state index in [4.69, 9.17) is 9.47 Å². The van der Waals surface area contributed by atoms with Crippen LogP contribution in [0.1, 0.15) is 19.3 Å². The summed E-state index contributed by atoms with van der Waals surface area (Å²) in [6, 6.07) is -0.181. The third-order valence-corrected chi connectivity index (χ3v) is 4.21. The summed E-state index contributed by atoms with van der Waals surface area (Å²) in [6.07, 6.45) is 2.37. The Morgan fingerprint density at radius 2 is 2.06 bits per heavy atom. The predicted octanol–water partition coefficient (Wildman–Crippen LogP) is -0.381. The van der Waals surface area contributed by atoms with Gasteiger partial charge in [-0.05, 0) is 26.3 Å². The molecular weight excluding hydrogens is 236 g/mol. The van der Waals surface area contributed by atoms with Crippen LogP contribution in [0.5, 0.6) is 0 Å². The van der Waals surface area contributed by atoms with Crippen molar-refractivity contribution in [2.75, 3.05) is 28.0 Å². The zero-order valence-corrected chi connectivity index (χ0v) is 11.2. The van der Waals surface area contributed by atoms with E-state index in [0.717, 1.165) is 19.3 Å². The summed E-state index contributed by atoms with van der Waals surface area (Å²) in [7, 11) is 5.09. The van der Waals surface area contributed by atoms with Crippen LogP contribution in [0.15, 0.2) is 0 Å². The number of piperazine rings is 1. The lowest BCUT2D eigenvalue weighted by Crippen LogP contribution is -2.70. The van der Waals surface area contributed by atoms with E-state index in [1.807, 2.05) is 7.05 Å². The van der Waals surface area contributed by atoms with Crippen molar-refractivity contribution < 1.29 is 19.4 Å². The van der Waals surface area contributed by atoms with Gasteiger partial charge in [0.2, 0.25) is 5.91 Å². The molecule has 3 unspecified atom stereocenters. The Morgan fingerprint density at radius 3 is 2.61 bits per heavy atom. The lowest BCUT2D eigenvalue weighted by atomic mass is 9.86. The van der Waals surface area contributed by atoms with Crippen LogP contribution in [0.4, 0.5) is 0 Å². The predicted molar refractivity (Wildman–Crippen MR) is 64.7 cm³/mol. The zero-order chi connectivity index (χ0) is 13.3. The van der Waals surface area contributed by atoms with Crippen molar-refractivity contribution in [3.8, 4) is 0 Å². The number of carbonyl (C=O) groups is 1. The van der Waals surface area contributed by atoms with Crippen LogP contribution in [-0.4, -0.2) is 73.2 Å². The molecule has 2 bridgehead atoms. The molecule has 0 aromatic carbocycles. The minimum absolute atomic E-state index is 0.0277. The number of carbonyl (C=O) groups excluding carboxylic acids is 1. The maximum Gasteiger partial charge on any atom is 0.242 e. The van der Waals surface area contributed by atoms with E-state index in [1.165, 1.54) is 4.90 Å². The molecule has 2 aliphatic heterocycles. The number of amides is 1. The molecule has 0 aromatic heterocycles. The number of aliphatic hydroxyl groups is 1. The highest BCUT2D eigenvalue weighted by atomic mass is 16.7. The summed E-state index contributed by atoms with van der Waals surface area (Å²) in [4.78, 5) is 15.9. The number of methoxy groups -OCH3 is 2. The molecule has 0 aromatic rings. The molecule has 104 valence electrons. The van der Waals surface area contributed by atoms with Crippen LogP contribution in [0.25, 0.3) is 0 Å². The molecule has 2 fully saturated rings. The molecule has 2 aliphatic rings. The molecule has 2 heterocycles. The quantitative estimate of drug-likeness (QED) is 0.696. The monoisotopic (exact) mass is 258 g/mol. The third-order valence-electron chi connectivity index (χ3n) is 4.21. The van der Waals surface area contributed by atoms with Crippen LogP contribution in [-0.2, 0) is 14.3 Å². The lowest BCUT2D eigenvalue weighted by molar-refractivity contribution is -0.203. The number of piperidine rings is 1. The standard InChI is InChI=1S/C12H22N2O4/c1-13-8-5-4-6-9(13)11(16)14(7-15)10(8)12(17-2)18-3/h8-10,12,15H,4-7H2,1-3H3. The smallest absolute Gasteiger partial charge is 0.242 e. The topological polar surface area (TPSA) is 62.2 Å². The average Bonchev–Trinajstić information content (AvgIpc) is 2.37. The normalized spacial score (nSPS) is 33.3. The highest BCUT2D eigenvalue weighted by Crippen LogP contribution is 2.34. The second kappa shape index (κ2) is 5.52. The fourth-order valence-electron chi connectivity index (χ4n) is 3.28. The number of nitrogens with zero attached hydrogens (tertiary/aromatic N) is 2. The van der Waals surface area contributed by atoms with Gasteiger partial charge >= 0.3 is 0 Å². The SMILES string of the molecule is COC(OC)C1C2CCCC(C(=O)N1CO)N2C. The van der Waals surface area contributed by atoms with Gasteiger partial charge in [-0.1, -0.05) is 0 Å². The van der Waals surface area contributed by atoms with Crippen molar-refractivity contribution in [2.24, 2.45) is 0 Å². The number of hydrogen-bond acceptors (Lipinski definition) is 5. The van der Waals surface area contributed by atoms with Crippen molar-refractivity contribution in [1.29, 1.82) is 0 Å². The number of aliphatic hydroxyl groups excluding tert-OH is 1. The Bertz CT molecular complexity index is 308. The Labute approximate surface area is 107 Å². The first kappa shape index (κ1) is 13.7. The summed E-state index contributed by atoms with van der Waals surface area (Å²) >= 11 is 0. The van der Waals surface area contributed by atoms with Gasteiger partial charge in [-0.2, -0.15) is 0 Å². The molecule has 18 heavy (non-hydrogen) atoms. The molecule has 6 heteroatoms. The van der Waals surface area contributed by atoms with E-state index in [0.29, 0.717) is 0 Å². The van der Waals surface area contributed by atoms with Gasteiger partial charge in [0, 0.05) is 20.3 Å². The van der Waals surface area contributed by atoms with Gasteiger partial charge in [0.15, 0.2) is 6.29 Å². The van der Waals surface area contributed by atoms with Crippen molar-refractivity contribution in [2.45, 2.75) is 43.7 Å². The third kappa shape index (κ3) is 2.03.